The molecule has 0 bridgehead atoms. The molecule has 0 unspecified atom stereocenters. The van der Waals surface area contributed by atoms with Crippen LogP contribution >= 0.6 is 0 Å². The van der Waals surface area contributed by atoms with E-state index in [1.807, 2.05) is 27.7 Å². The Labute approximate surface area is 126 Å². The van der Waals surface area contributed by atoms with Crippen molar-refractivity contribution in [2.45, 2.75) is 40.0 Å². The van der Waals surface area contributed by atoms with Gasteiger partial charge in [0.05, 0.1) is 24.4 Å². The number of carbonyl (C=O) groups is 1. The number of amides is 1. The molecule has 6 nitrogen and oxygen atoms in total. The summed E-state index contributed by atoms with van der Waals surface area (Å²) in [5, 5.41) is 8.73. The van der Waals surface area contributed by atoms with Crippen molar-refractivity contribution in [3.05, 3.63) is 17.7 Å². The van der Waals surface area contributed by atoms with E-state index in [1.54, 1.807) is 4.90 Å². The largest absolute Gasteiger partial charge is 0.396 e. The molecule has 0 saturated carbocycles. The number of hydrogen-bond acceptors (Lipinski definition) is 5. The first-order valence-electron chi connectivity index (χ1n) is 7.15. The van der Waals surface area contributed by atoms with E-state index in [0.29, 0.717) is 31.3 Å². The standard InChI is InChI=1S/C15H23N5O/c1-10(2)9-20(7-5-6-16)15(21)13-12(17)8-18-14(19-13)11(3)4/h8,10-11H,5,7,9,17H2,1-4H3. The zero-order valence-electron chi connectivity index (χ0n) is 13.1. The number of nitriles is 1. The average Bonchev–Trinajstić information content (AvgIpc) is 2.42. The van der Waals surface area contributed by atoms with Crippen LogP contribution in [0.3, 0.4) is 0 Å². The third-order valence-electron chi connectivity index (χ3n) is 2.92. The maximum Gasteiger partial charge on any atom is 0.274 e. The van der Waals surface area contributed by atoms with E-state index in [2.05, 4.69) is 16.0 Å². The molecule has 0 spiro atoms. The second-order valence-corrected chi connectivity index (χ2v) is 5.74. The molecule has 1 amide bonds. The Bertz CT molecular complexity index is 533. The van der Waals surface area contributed by atoms with Crippen LogP contribution in [0.4, 0.5) is 5.69 Å². The minimum Gasteiger partial charge on any atom is -0.396 e. The van der Waals surface area contributed by atoms with Crippen LogP contribution in [-0.2, 0) is 0 Å². The van der Waals surface area contributed by atoms with Gasteiger partial charge in [0.25, 0.3) is 5.91 Å². The lowest BCUT2D eigenvalue weighted by molar-refractivity contribution is 0.0734. The quantitative estimate of drug-likeness (QED) is 0.866. The van der Waals surface area contributed by atoms with E-state index in [4.69, 9.17) is 11.0 Å². The number of nitrogens with zero attached hydrogens (tertiary/aromatic N) is 4. The molecule has 1 aromatic heterocycles. The Kier molecular flexibility index (Phi) is 6.10. The molecule has 114 valence electrons. The van der Waals surface area contributed by atoms with Gasteiger partial charge in [0, 0.05) is 19.0 Å². The van der Waals surface area contributed by atoms with Gasteiger partial charge in [-0.15, -0.1) is 0 Å². The van der Waals surface area contributed by atoms with Gasteiger partial charge in [0.15, 0.2) is 5.69 Å². The van der Waals surface area contributed by atoms with Crippen LogP contribution in [0.5, 0.6) is 0 Å². The number of nitrogens with two attached hydrogens (primary N) is 1. The lowest BCUT2D eigenvalue weighted by Gasteiger charge is -2.24. The summed E-state index contributed by atoms with van der Waals surface area (Å²) in [6.45, 7) is 8.92. The van der Waals surface area contributed by atoms with Crippen molar-refractivity contribution >= 4 is 11.6 Å². The molecule has 21 heavy (non-hydrogen) atoms. The lowest BCUT2D eigenvalue weighted by Crippen LogP contribution is -2.36. The normalized spacial score (nSPS) is 10.7. The molecule has 0 saturated heterocycles. The molecule has 0 aliphatic rings. The van der Waals surface area contributed by atoms with E-state index in [-0.39, 0.29) is 23.2 Å². The van der Waals surface area contributed by atoms with Gasteiger partial charge in [-0.05, 0) is 5.92 Å². The highest BCUT2D eigenvalue weighted by Crippen LogP contribution is 2.16. The monoisotopic (exact) mass is 289 g/mol. The number of hydrogen-bond donors (Lipinski definition) is 1. The summed E-state index contributed by atoms with van der Waals surface area (Å²) in [6.07, 6.45) is 1.77. The number of nitrogen functional groups attached to an aromatic ring is 1. The van der Waals surface area contributed by atoms with Gasteiger partial charge in [-0.25, -0.2) is 9.97 Å². The molecule has 0 atom stereocenters. The molecular formula is C15H23N5O. The molecule has 0 fully saturated rings. The number of anilines is 1. The van der Waals surface area contributed by atoms with Crippen molar-refractivity contribution < 1.29 is 4.79 Å². The van der Waals surface area contributed by atoms with Crippen LogP contribution < -0.4 is 5.73 Å². The Morgan fingerprint density at radius 3 is 2.62 bits per heavy atom. The molecule has 0 aliphatic heterocycles. The maximum atomic E-state index is 12.6. The Morgan fingerprint density at radius 2 is 2.10 bits per heavy atom. The SMILES string of the molecule is CC(C)CN(CCC#N)C(=O)c1nc(C(C)C)ncc1N. The fraction of sp³-hybridized carbons (Fsp3) is 0.600. The Morgan fingerprint density at radius 1 is 1.43 bits per heavy atom. The molecule has 1 heterocycles. The summed E-state index contributed by atoms with van der Waals surface area (Å²) in [7, 11) is 0. The molecule has 0 radical (unpaired) electrons. The smallest absolute Gasteiger partial charge is 0.274 e. The van der Waals surface area contributed by atoms with Crippen LogP contribution in [0, 0.1) is 17.2 Å². The highest BCUT2D eigenvalue weighted by Gasteiger charge is 2.21. The summed E-state index contributed by atoms with van der Waals surface area (Å²) in [5.74, 6) is 0.785. The van der Waals surface area contributed by atoms with Crippen molar-refractivity contribution in [2.24, 2.45) is 5.92 Å². The van der Waals surface area contributed by atoms with Gasteiger partial charge >= 0.3 is 0 Å². The van der Waals surface area contributed by atoms with Crippen LogP contribution in [0.1, 0.15) is 56.3 Å². The fourth-order valence-electron chi connectivity index (χ4n) is 1.91. The van der Waals surface area contributed by atoms with E-state index >= 15 is 0 Å². The molecular weight excluding hydrogens is 266 g/mol. The van der Waals surface area contributed by atoms with Crippen LogP contribution in [0.2, 0.25) is 0 Å². The molecule has 2 N–H and O–H groups in total. The average molecular weight is 289 g/mol. The second-order valence-electron chi connectivity index (χ2n) is 5.74. The number of carbonyl (C=O) groups excluding carboxylic acids is 1. The molecule has 1 rings (SSSR count). The molecule has 6 heteroatoms. The van der Waals surface area contributed by atoms with E-state index in [1.165, 1.54) is 6.20 Å². The molecule has 0 aliphatic carbocycles. The van der Waals surface area contributed by atoms with E-state index < -0.39 is 0 Å². The van der Waals surface area contributed by atoms with Gasteiger partial charge in [-0.1, -0.05) is 27.7 Å². The third kappa shape index (κ3) is 4.71. The fourth-order valence-corrected chi connectivity index (χ4v) is 1.91. The topological polar surface area (TPSA) is 95.9 Å². The first-order valence-corrected chi connectivity index (χ1v) is 7.15. The summed E-state index contributed by atoms with van der Waals surface area (Å²) in [5.41, 5.74) is 6.35. The highest BCUT2D eigenvalue weighted by molar-refractivity contribution is 5.97. The van der Waals surface area contributed by atoms with Crippen molar-refractivity contribution in [1.29, 1.82) is 5.26 Å². The minimum atomic E-state index is -0.235. The van der Waals surface area contributed by atoms with Gasteiger partial charge < -0.3 is 10.6 Å². The first-order chi connectivity index (χ1) is 9.86. The summed E-state index contributed by atoms with van der Waals surface area (Å²) in [6, 6.07) is 2.06. The Hall–Kier alpha value is -2.16. The third-order valence-corrected chi connectivity index (χ3v) is 2.92. The number of aromatic nitrogens is 2. The van der Waals surface area contributed by atoms with Crippen molar-refractivity contribution in [2.75, 3.05) is 18.8 Å². The summed E-state index contributed by atoms with van der Waals surface area (Å²) < 4.78 is 0. The van der Waals surface area contributed by atoms with Crippen molar-refractivity contribution in [3.63, 3.8) is 0 Å². The predicted octanol–water partition coefficient (Wildman–Crippen LogP) is 2.19. The number of rotatable bonds is 6. The van der Waals surface area contributed by atoms with Crippen LogP contribution in [-0.4, -0.2) is 33.9 Å². The van der Waals surface area contributed by atoms with Crippen LogP contribution in [0.15, 0.2) is 6.20 Å². The predicted molar refractivity (Wildman–Crippen MR) is 81.5 cm³/mol. The molecule has 0 aromatic carbocycles. The van der Waals surface area contributed by atoms with Crippen molar-refractivity contribution in [1.82, 2.24) is 14.9 Å². The Balaban J connectivity index is 3.07. The minimum absolute atomic E-state index is 0.120. The maximum absolute atomic E-state index is 12.6. The first kappa shape index (κ1) is 16.9. The van der Waals surface area contributed by atoms with E-state index in [9.17, 15) is 4.79 Å². The zero-order chi connectivity index (χ0) is 16.0. The zero-order valence-corrected chi connectivity index (χ0v) is 13.1. The van der Waals surface area contributed by atoms with Gasteiger partial charge in [-0.3, -0.25) is 4.79 Å². The van der Waals surface area contributed by atoms with Crippen LogP contribution in [0.25, 0.3) is 0 Å². The highest BCUT2D eigenvalue weighted by atomic mass is 16.2. The summed E-state index contributed by atoms with van der Waals surface area (Å²) >= 11 is 0. The second kappa shape index (κ2) is 7.58. The summed E-state index contributed by atoms with van der Waals surface area (Å²) in [4.78, 5) is 22.7. The lowest BCUT2D eigenvalue weighted by atomic mass is 10.1. The van der Waals surface area contributed by atoms with Gasteiger partial charge in [0.2, 0.25) is 0 Å². The van der Waals surface area contributed by atoms with Gasteiger partial charge in [-0.2, -0.15) is 5.26 Å². The van der Waals surface area contributed by atoms with E-state index in [0.717, 1.165) is 0 Å². The van der Waals surface area contributed by atoms with Gasteiger partial charge in [0.1, 0.15) is 5.82 Å². The molecule has 1 aromatic rings. The van der Waals surface area contributed by atoms with Crippen molar-refractivity contribution in [3.8, 4) is 6.07 Å².